The highest BCUT2D eigenvalue weighted by Crippen LogP contribution is 2.25. The molecule has 22 heavy (non-hydrogen) atoms. The van der Waals surface area contributed by atoms with Gasteiger partial charge in [0.2, 0.25) is 0 Å². The zero-order valence-corrected chi connectivity index (χ0v) is 13.1. The topological polar surface area (TPSA) is 72.0 Å². The van der Waals surface area contributed by atoms with Crippen LogP contribution in [-0.2, 0) is 13.1 Å². The lowest BCUT2D eigenvalue weighted by Gasteiger charge is -2.32. The summed E-state index contributed by atoms with van der Waals surface area (Å²) in [6.07, 6.45) is 6.16. The number of aliphatic hydroxyl groups excluding tert-OH is 1. The molecule has 2 aromatic heterocycles. The Bertz CT molecular complexity index is 592. The predicted octanol–water partition coefficient (Wildman–Crippen LogP) is 0.655. The fourth-order valence-electron chi connectivity index (χ4n) is 3.10. The van der Waals surface area contributed by atoms with Crippen LogP contribution >= 0.6 is 0 Å². The van der Waals surface area contributed by atoms with Crippen molar-refractivity contribution in [3.05, 3.63) is 30.1 Å². The molecule has 7 nitrogen and oxygen atoms in total. The van der Waals surface area contributed by atoms with E-state index in [9.17, 15) is 0 Å². The maximum Gasteiger partial charge on any atom is 0.129 e. The standard InChI is InChI=1S/C15H24N6O/c1-13-17-16-12-20(13)8-7-19-5-2-3-14(11-19)15-4-6-21(18-15)9-10-22/h4,6,12,14,22H,2-3,5,7-11H2,1H3/t14-/m1/s1. The van der Waals surface area contributed by atoms with Gasteiger partial charge < -0.3 is 14.6 Å². The monoisotopic (exact) mass is 304 g/mol. The van der Waals surface area contributed by atoms with Crippen LogP contribution in [0.15, 0.2) is 18.6 Å². The van der Waals surface area contributed by atoms with Gasteiger partial charge in [0.1, 0.15) is 12.2 Å². The molecule has 0 radical (unpaired) electrons. The van der Waals surface area contributed by atoms with E-state index >= 15 is 0 Å². The van der Waals surface area contributed by atoms with Crippen molar-refractivity contribution in [2.75, 3.05) is 26.2 Å². The molecule has 1 aliphatic heterocycles. The maximum atomic E-state index is 8.98. The molecule has 7 heteroatoms. The number of rotatable bonds is 6. The second-order valence-electron chi connectivity index (χ2n) is 5.94. The molecule has 0 aromatic carbocycles. The molecular weight excluding hydrogens is 280 g/mol. The fraction of sp³-hybridized carbons (Fsp3) is 0.667. The first-order valence-corrected chi connectivity index (χ1v) is 7.97. The van der Waals surface area contributed by atoms with Crippen molar-refractivity contribution in [3.8, 4) is 0 Å². The van der Waals surface area contributed by atoms with E-state index in [1.807, 2.05) is 17.8 Å². The van der Waals surface area contributed by atoms with E-state index in [-0.39, 0.29) is 6.61 Å². The highest BCUT2D eigenvalue weighted by molar-refractivity contribution is 5.08. The van der Waals surface area contributed by atoms with Gasteiger partial charge in [-0.3, -0.25) is 4.68 Å². The van der Waals surface area contributed by atoms with Crippen molar-refractivity contribution in [3.63, 3.8) is 0 Å². The molecule has 0 spiro atoms. The van der Waals surface area contributed by atoms with Gasteiger partial charge in [-0.1, -0.05) is 0 Å². The van der Waals surface area contributed by atoms with Crippen LogP contribution in [0.25, 0.3) is 0 Å². The minimum atomic E-state index is 0.135. The van der Waals surface area contributed by atoms with E-state index in [0.29, 0.717) is 12.5 Å². The van der Waals surface area contributed by atoms with Crippen molar-refractivity contribution in [1.29, 1.82) is 0 Å². The van der Waals surface area contributed by atoms with Crippen molar-refractivity contribution < 1.29 is 5.11 Å². The number of nitrogens with zero attached hydrogens (tertiary/aromatic N) is 6. The first-order valence-electron chi connectivity index (χ1n) is 7.97. The fourth-order valence-corrected chi connectivity index (χ4v) is 3.10. The van der Waals surface area contributed by atoms with E-state index in [0.717, 1.165) is 37.7 Å². The van der Waals surface area contributed by atoms with Crippen LogP contribution in [0.5, 0.6) is 0 Å². The smallest absolute Gasteiger partial charge is 0.129 e. The molecular formula is C15H24N6O. The van der Waals surface area contributed by atoms with E-state index < -0.39 is 0 Å². The lowest BCUT2D eigenvalue weighted by Crippen LogP contribution is -2.36. The first-order chi connectivity index (χ1) is 10.8. The average molecular weight is 304 g/mol. The Kier molecular flexibility index (Phi) is 4.84. The van der Waals surface area contributed by atoms with Crippen molar-refractivity contribution >= 4 is 0 Å². The number of piperidine rings is 1. The summed E-state index contributed by atoms with van der Waals surface area (Å²) in [5.41, 5.74) is 1.15. The van der Waals surface area contributed by atoms with Crippen LogP contribution in [0.4, 0.5) is 0 Å². The Hall–Kier alpha value is -1.73. The Morgan fingerprint density at radius 1 is 1.32 bits per heavy atom. The van der Waals surface area contributed by atoms with Crippen molar-refractivity contribution in [1.82, 2.24) is 29.4 Å². The number of aryl methyl sites for hydroxylation is 1. The molecule has 1 aliphatic rings. The van der Waals surface area contributed by atoms with Crippen molar-refractivity contribution in [2.24, 2.45) is 0 Å². The summed E-state index contributed by atoms with van der Waals surface area (Å²) in [6.45, 7) is 6.85. The SMILES string of the molecule is Cc1nncn1CCN1CCC[C@@H](c2ccn(CCO)n2)C1. The third-order valence-electron chi connectivity index (χ3n) is 4.38. The Morgan fingerprint density at radius 3 is 3.00 bits per heavy atom. The van der Waals surface area contributed by atoms with Gasteiger partial charge in [0.05, 0.1) is 18.8 Å². The second kappa shape index (κ2) is 7.02. The molecule has 0 aliphatic carbocycles. The van der Waals surface area contributed by atoms with E-state index in [1.165, 1.54) is 12.8 Å². The number of hydrogen-bond acceptors (Lipinski definition) is 5. The highest BCUT2D eigenvalue weighted by atomic mass is 16.3. The zero-order chi connectivity index (χ0) is 15.4. The van der Waals surface area contributed by atoms with Crippen LogP contribution in [0, 0.1) is 6.92 Å². The van der Waals surface area contributed by atoms with Gasteiger partial charge in [-0.15, -0.1) is 10.2 Å². The lowest BCUT2D eigenvalue weighted by atomic mass is 9.95. The summed E-state index contributed by atoms with van der Waals surface area (Å²) in [5.74, 6) is 1.46. The molecule has 1 N–H and O–H groups in total. The third kappa shape index (κ3) is 3.53. The van der Waals surface area contributed by atoms with Crippen molar-refractivity contribution in [2.45, 2.75) is 38.8 Å². The lowest BCUT2D eigenvalue weighted by molar-refractivity contribution is 0.198. The Balaban J connectivity index is 1.55. The van der Waals surface area contributed by atoms with Crippen LogP contribution in [0.1, 0.15) is 30.3 Å². The molecule has 0 saturated carbocycles. The van der Waals surface area contributed by atoms with Crippen LogP contribution in [0.2, 0.25) is 0 Å². The molecule has 1 fully saturated rings. The maximum absolute atomic E-state index is 8.98. The van der Waals surface area contributed by atoms with E-state index in [2.05, 4.69) is 30.8 Å². The number of aliphatic hydroxyl groups is 1. The van der Waals surface area contributed by atoms with Gasteiger partial charge in [0.25, 0.3) is 0 Å². The summed E-state index contributed by atoms with van der Waals surface area (Å²) >= 11 is 0. The largest absolute Gasteiger partial charge is 0.394 e. The quantitative estimate of drug-likeness (QED) is 0.848. The normalized spacial score (nSPS) is 19.6. The predicted molar refractivity (Wildman–Crippen MR) is 82.5 cm³/mol. The number of hydrogen-bond donors (Lipinski definition) is 1. The summed E-state index contributed by atoms with van der Waals surface area (Å²) in [5, 5.41) is 21.5. The van der Waals surface area contributed by atoms with Crippen LogP contribution in [-0.4, -0.2) is 60.8 Å². The first kappa shape index (κ1) is 15.2. The van der Waals surface area contributed by atoms with Gasteiger partial charge in [-0.25, -0.2) is 0 Å². The molecule has 3 rings (SSSR count). The molecule has 0 unspecified atom stereocenters. The summed E-state index contributed by atoms with van der Waals surface area (Å²) in [4.78, 5) is 2.50. The molecule has 3 heterocycles. The van der Waals surface area contributed by atoms with Gasteiger partial charge in [0.15, 0.2) is 0 Å². The van der Waals surface area contributed by atoms with Gasteiger partial charge in [-0.05, 0) is 32.4 Å². The summed E-state index contributed by atoms with van der Waals surface area (Å²) < 4.78 is 3.92. The number of aromatic nitrogens is 5. The van der Waals surface area contributed by atoms with E-state index in [4.69, 9.17) is 5.11 Å². The van der Waals surface area contributed by atoms with E-state index in [1.54, 1.807) is 6.33 Å². The molecule has 120 valence electrons. The Morgan fingerprint density at radius 2 is 2.23 bits per heavy atom. The minimum absolute atomic E-state index is 0.135. The average Bonchev–Trinajstić information content (AvgIpc) is 3.15. The van der Waals surface area contributed by atoms with Crippen LogP contribution in [0.3, 0.4) is 0 Å². The molecule has 2 aromatic rings. The van der Waals surface area contributed by atoms with Gasteiger partial charge >= 0.3 is 0 Å². The summed E-state index contributed by atoms with van der Waals surface area (Å²) in [6, 6.07) is 2.09. The summed E-state index contributed by atoms with van der Waals surface area (Å²) in [7, 11) is 0. The minimum Gasteiger partial charge on any atom is -0.394 e. The molecule has 1 saturated heterocycles. The number of likely N-dealkylation sites (tertiary alicyclic amines) is 1. The van der Waals surface area contributed by atoms with Gasteiger partial charge in [0, 0.05) is 31.7 Å². The van der Waals surface area contributed by atoms with Gasteiger partial charge in [-0.2, -0.15) is 5.10 Å². The molecule has 0 amide bonds. The molecule has 1 atom stereocenters. The zero-order valence-electron chi connectivity index (χ0n) is 13.1. The third-order valence-corrected chi connectivity index (χ3v) is 4.38. The Labute approximate surface area is 130 Å². The van der Waals surface area contributed by atoms with Crippen LogP contribution < -0.4 is 0 Å². The second-order valence-corrected chi connectivity index (χ2v) is 5.94. The highest BCUT2D eigenvalue weighted by Gasteiger charge is 2.23. The molecule has 0 bridgehead atoms.